The molecular weight excluding hydrogens is 348 g/mol. The quantitative estimate of drug-likeness (QED) is 0.814. The molecule has 1 fully saturated rings. The summed E-state index contributed by atoms with van der Waals surface area (Å²) in [5.41, 5.74) is 6.61. The van der Waals surface area contributed by atoms with Crippen LogP contribution in [0.4, 0.5) is 0 Å². The average Bonchev–Trinajstić information content (AvgIpc) is 3.25. The lowest BCUT2D eigenvalue weighted by atomic mass is 9.99. The highest BCUT2D eigenvalue weighted by molar-refractivity contribution is 7.89. The van der Waals surface area contributed by atoms with E-state index in [1.165, 1.54) is 12.4 Å². The van der Waals surface area contributed by atoms with E-state index in [0.717, 1.165) is 31.4 Å². The SMILES string of the molecule is Cl.NCC(NS(=O)(=O)c1cnn(-c2ccccc2)c1)C1CCCC1. The first kappa shape index (κ1) is 18.9. The zero-order valence-corrected chi connectivity index (χ0v) is 15.0. The topological polar surface area (TPSA) is 90.0 Å². The fourth-order valence-electron chi connectivity index (χ4n) is 3.13. The van der Waals surface area contributed by atoms with Crippen molar-refractivity contribution in [3.05, 3.63) is 42.7 Å². The van der Waals surface area contributed by atoms with Crippen molar-refractivity contribution in [2.75, 3.05) is 6.54 Å². The number of sulfonamides is 1. The van der Waals surface area contributed by atoms with E-state index in [9.17, 15) is 8.42 Å². The molecule has 3 rings (SSSR count). The van der Waals surface area contributed by atoms with Crippen LogP contribution in [0, 0.1) is 5.92 Å². The van der Waals surface area contributed by atoms with Gasteiger partial charge in [-0.3, -0.25) is 0 Å². The van der Waals surface area contributed by atoms with Crippen molar-refractivity contribution < 1.29 is 8.42 Å². The Labute approximate surface area is 148 Å². The molecule has 1 heterocycles. The Bertz CT molecular complexity index is 742. The first-order valence-corrected chi connectivity index (χ1v) is 9.41. The zero-order valence-electron chi connectivity index (χ0n) is 13.3. The minimum absolute atomic E-state index is 0. The van der Waals surface area contributed by atoms with E-state index in [0.29, 0.717) is 12.5 Å². The van der Waals surface area contributed by atoms with Crippen LogP contribution in [-0.2, 0) is 10.0 Å². The third-order valence-corrected chi connectivity index (χ3v) is 5.86. The molecule has 1 aliphatic carbocycles. The molecule has 1 saturated carbocycles. The fraction of sp³-hybridized carbons (Fsp3) is 0.438. The summed E-state index contributed by atoms with van der Waals surface area (Å²) >= 11 is 0. The maximum absolute atomic E-state index is 12.6. The maximum atomic E-state index is 12.6. The number of halogens is 1. The smallest absolute Gasteiger partial charge is 0.244 e. The predicted octanol–water partition coefficient (Wildman–Crippen LogP) is 2.09. The number of rotatable bonds is 6. The number of nitrogens with two attached hydrogens (primary N) is 1. The standard InChI is InChI=1S/C16H22N4O2S.ClH/c17-10-16(13-6-4-5-7-13)19-23(21,22)15-11-18-20(12-15)14-8-2-1-3-9-14;/h1-3,8-9,11-13,16,19H,4-7,10,17H2;1H. The van der Waals surface area contributed by atoms with Gasteiger partial charge in [-0.25, -0.2) is 17.8 Å². The third-order valence-electron chi connectivity index (χ3n) is 4.42. The van der Waals surface area contributed by atoms with E-state index in [1.807, 2.05) is 30.3 Å². The van der Waals surface area contributed by atoms with Crippen molar-refractivity contribution in [1.29, 1.82) is 0 Å². The Morgan fingerprint density at radius 1 is 1.25 bits per heavy atom. The van der Waals surface area contributed by atoms with Crippen LogP contribution in [0.15, 0.2) is 47.6 Å². The number of hydrogen-bond donors (Lipinski definition) is 2. The van der Waals surface area contributed by atoms with Gasteiger partial charge < -0.3 is 5.73 Å². The van der Waals surface area contributed by atoms with Crippen LogP contribution < -0.4 is 10.5 Å². The molecule has 0 saturated heterocycles. The van der Waals surface area contributed by atoms with Gasteiger partial charge in [0.15, 0.2) is 0 Å². The molecular formula is C16H23ClN4O2S. The summed E-state index contributed by atoms with van der Waals surface area (Å²) in [6.45, 7) is 0.316. The Morgan fingerprint density at radius 2 is 1.92 bits per heavy atom. The van der Waals surface area contributed by atoms with Gasteiger partial charge >= 0.3 is 0 Å². The van der Waals surface area contributed by atoms with Crippen LogP contribution >= 0.6 is 12.4 Å². The second kappa shape index (κ2) is 8.11. The molecule has 1 aliphatic rings. The summed E-state index contributed by atoms with van der Waals surface area (Å²) in [5, 5.41) is 4.15. The highest BCUT2D eigenvalue weighted by Crippen LogP contribution is 2.28. The molecule has 1 aromatic carbocycles. The number of para-hydroxylation sites is 1. The van der Waals surface area contributed by atoms with E-state index in [1.54, 1.807) is 4.68 Å². The highest BCUT2D eigenvalue weighted by Gasteiger charge is 2.29. The van der Waals surface area contributed by atoms with E-state index < -0.39 is 10.0 Å². The van der Waals surface area contributed by atoms with Gasteiger partial charge in [0.25, 0.3) is 0 Å². The molecule has 6 nitrogen and oxygen atoms in total. The lowest BCUT2D eigenvalue weighted by Crippen LogP contribution is -2.44. The Kier molecular flexibility index (Phi) is 6.40. The fourth-order valence-corrected chi connectivity index (χ4v) is 4.38. The molecule has 0 amide bonds. The summed E-state index contributed by atoms with van der Waals surface area (Å²) in [5.74, 6) is 0.332. The lowest BCUT2D eigenvalue weighted by molar-refractivity contribution is 0.405. The molecule has 132 valence electrons. The van der Waals surface area contributed by atoms with Gasteiger partial charge in [0.05, 0.1) is 18.1 Å². The molecule has 2 aromatic rings. The van der Waals surface area contributed by atoms with Crippen LogP contribution in [0.2, 0.25) is 0 Å². The molecule has 24 heavy (non-hydrogen) atoms. The number of aromatic nitrogens is 2. The number of benzene rings is 1. The third kappa shape index (κ3) is 4.16. The first-order valence-electron chi connectivity index (χ1n) is 7.92. The van der Waals surface area contributed by atoms with Gasteiger partial charge in [0, 0.05) is 12.6 Å². The number of hydrogen-bond acceptors (Lipinski definition) is 4. The van der Waals surface area contributed by atoms with Crippen molar-refractivity contribution in [3.8, 4) is 5.69 Å². The normalized spacial score (nSPS) is 16.7. The van der Waals surface area contributed by atoms with Crippen LogP contribution in [0.5, 0.6) is 0 Å². The van der Waals surface area contributed by atoms with E-state index in [4.69, 9.17) is 5.73 Å². The summed E-state index contributed by atoms with van der Waals surface area (Å²) in [6, 6.07) is 9.21. The second-order valence-corrected chi connectivity index (χ2v) is 7.68. The first-order chi connectivity index (χ1) is 11.1. The largest absolute Gasteiger partial charge is 0.329 e. The summed E-state index contributed by atoms with van der Waals surface area (Å²) in [6.07, 6.45) is 7.27. The van der Waals surface area contributed by atoms with Crippen LogP contribution in [0.25, 0.3) is 5.69 Å². The van der Waals surface area contributed by atoms with Crippen molar-refractivity contribution in [2.24, 2.45) is 11.7 Å². The summed E-state index contributed by atoms with van der Waals surface area (Å²) < 4.78 is 29.5. The van der Waals surface area contributed by atoms with Gasteiger partial charge in [-0.05, 0) is 30.9 Å². The Morgan fingerprint density at radius 3 is 2.54 bits per heavy atom. The van der Waals surface area contributed by atoms with Crippen molar-refractivity contribution in [3.63, 3.8) is 0 Å². The van der Waals surface area contributed by atoms with Gasteiger partial charge in [-0.2, -0.15) is 5.10 Å². The van der Waals surface area contributed by atoms with E-state index in [2.05, 4.69) is 9.82 Å². The molecule has 0 spiro atoms. The number of nitrogens with zero attached hydrogens (tertiary/aromatic N) is 2. The van der Waals surface area contributed by atoms with Crippen LogP contribution in [-0.4, -0.2) is 30.8 Å². The van der Waals surface area contributed by atoms with Gasteiger partial charge in [-0.15, -0.1) is 12.4 Å². The minimum atomic E-state index is -3.61. The molecule has 1 unspecified atom stereocenters. The molecule has 0 bridgehead atoms. The molecule has 0 aliphatic heterocycles. The van der Waals surface area contributed by atoms with E-state index in [-0.39, 0.29) is 23.3 Å². The minimum Gasteiger partial charge on any atom is -0.329 e. The molecule has 1 aromatic heterocycles. The Balaban J connectivity index is 0.00000208. The molecule has 0 radical (unpaired) electrons. The van der Waals surface area contributed by atoms with Gasteiger partial charge in [0.2, 0.25) is 10.0 Å². The monoisotopic (exact) mass is 370 g/mol. The molecule has 3 N–H and O–H groups in total. The average molecular weight is 371 g/mol. The summed E-state index contributed by atoms with van der Waals surface area (Å²) in [4.78, 5) is 0.165. The summed E-state index contributed by atoms with van der Waals surface area (Å²) in [7, 11) is -3.61. The molecule has 1 atom stereocenters. The Hall–Kier alpha value is -1.41. The number of nitrogens with one attached hydrogen (secondary N) is 1. The van der Waals surface area contributed by atoms with Gasteiger partial charge in [-0.1, -0.05) is 31.0 Å². The van der Waals surface area contributed by atoms with Crippen LogP contribution in [0.3, 0.4) is 0 Å². The van der Waals surface area contributed by atoms with Crippen molar-refractivity contribution >= 4 is 22.4 Å². The van der Waals surface area contributed by atoms with Crippen molar-refractivity contribution in [1.82, 2.24) is 14.5 Å². The van der Waals surface area contributed by atoms with Gasteiger partial charge in [0.1, 0.15) is 4.90 Å². The highest BCUT2D eigenvalue weighted by atomic mass is 35.5. The van der Waals surface area contributed by atoms with E-state index >= 15 is 0 Å². The van der Waals surface area contributed by atoms with Crippen molar-refractivity contribution in [2.45, 2.75) is 36.6 Å². The molecule has 8 heteroatoms. The maximum Gasteiger partial charge on any atom is 0.244 e. The lowest BCUT2D eigenvalue weighted by Gasteiger charge is -2.22. The van der Waals surface area contributed by atoms with Crippen LogP contribution in [0.1, 0.15) is 25.7 Å². The predicted molar refractivity (Wildman–Crippen MR) is 95.9 cm³/mol. The zero-order chi connectivity index (χ0) is 16.3. The second-order valence-electron chi connectivity index (χ2n) is 5.96.